The Morgan fingerprint density at radius 3 is 2.89 bits per heavy atom. The summed E-state index contributed by atoms with van der Waals surface area (Å²) in [6.07, 6.45) is 0. The molecule has 13 nitrogen and oxygen atoms in total. The van der Waals surface area contributed by atoms with Crippen LogP contribution in [-0.2, 0) is 28.0 Å². The first-order chi connectivity index (χ1) is 16.7. The molecular weight excluding hydrogens is 522 g/mol. The van der Waals surface area contributed by atoms with Crippen LogP contribution >= 0.6 is 35.1 Å². The highest BCUT2D eigenvalue weighted by Crippen LogP contribution is 2.41. The fourth-order valence-corrected chi connectivity index (χ4v) is 6.34. The fraction of sp³-hybridized carbons (Fsp3) is 0.316. The lowest BCUT2D eigenvalue weighted by Gasteiger charge is -2.49. The standard InChI is InChI=1S/C19H16ClN7O6S2/c1-25-18(22-23-24-25)35-7-8-6-34-16-13(15(29)27(16)14(8)17(30)31)21-12(28)5-26-10-3-2-9(20)4-11(10)33-19(26)32/h2-4,13,16H,5-7H2,1H3,(H,21,28)(H,30,31)/t13?,16-/m1/s1. The molecule has 2 aliphatic rings. The molecule has 0 saturated carbocycles. The quantitative estimate of drug-likeness (QED) is 0.314. The van der Waals surface area contributed by atoms with Gasteiger partial charge in [-0.1, -0.05) is 23.4 Å². The fourth-order valence-electron chi connectivity index (χ4n) is 3.84. The molecule has 0 spiro atoms. The Kier molecular flexibility index (Phi) is 6.06. The minimum atomic E-state index is -1.23. The van der Waals surface area contributed by atoms with E-state index < -0.39 is 35.0 Å². The van der Waals surface area contributed by atoms with Crippen LogP contribution in [0.4, 0.5) is 0 Å². The lowest BCUT2D eigenvalue weighted by molar-refractivity contribution is -0.150. The Morgan fingerprint density at radius 1 is 1.37 bits per heavy atom. The van der Waals surface area contributed by atoms with E-state index in [4.69, 9.17) is 16.0 Å². The number of β-lactam (4-membered cyclic amide) rings is 1. The van der Waals surface area contributed by atoms with Gasteiger partial charge in [-0.25, -0.2) is 14.3 Å². The Labute approximate surface area is 209 Å². The zero-order valence-corrected chi connectivity index (χ0v) is 20.3. The van der Waals surface area contributed by atoms with Crippen LogP contribution in [0.3, 0.4) is 0 Å². The topological polar surface area (TPSA) is 165 Å². The van der Waals surface area contributed by atoms with E-state index in [0.717, 1.165) is 4.57 Å². The number of thioether (sulfide) groups is 2. The van der Waals surface area contributed by atoms with Gasteiger partial charge < -0.3 is 14.8 Å². The number of rotatable bonds is 7. The monoisotopic (exact) mass is 537 g/mol. The molecule has 4 heterocycles. The maximum atomic E-state index is 12.9. The SMILES string of the molecule is Cn1nnnc1SCC1=C(C(=O)O)N2C(=O)C(NC(=O)Cn3c(=O)oc4cc(Cl)ccc43)[C@H]2SC1. The molecule has 2 amide bonds. The van der Waals surface area contributed by atoms with Crippen molar-refractivity contribution in [1.82, 2.24) is 35.0 Å². The van der Waals surface area contributed by atoms with E-state index in [1.54, 1.807) is 19.2 Å². The minimum absolute atomic E-state index is 0.0965. The number of halogens is 1. The van der Waals surface area contributed by atoms with E-state index in [1.165, 1.54) is 39.2 Å². The number of fused-ring (bicyclic) bond motifs is 2. The number of carbonyl (C=O) groups excluding carboxylic acids is 2. The average Bonchev–Trinajstić information content (AvgIpc) is 3.36. The first-order valence-corrected chi connectivity index (χ1v) is 12.5. The number of carboxylic acid groups (broad SMARTS) is 1. The van der Waals surface area contributed by atoms with E-state index in [0.29, 0.717) is 27.0 Å². The van der Waals surface area contributed by atoms with Crippen molar-refractivity contribution in [2.75, 3.05) is 11.5 Å². The van der Waals surface area contributed by atoms with Crippen molar-refractivity contribution >= 4 is 64.0 Å². The molecular formula is C19H16ClN7O6S2. The van der Waals surface area contributed by atoms with Gasteiger partial charge in [0.15, 0.2) is 5.58 Å². The molecule has 5 rings (SSSR count). The largest absolute Gasteiger partial charge is 0.477 e. The van der Waals surface area contributed by atoms with E-state index in [-0.39, 0.29) is 23.6 Å². The molecule has 1 unspecified atom stereocenters. The molecule has 2 aliphatic heterocycles. The Hall–Kier alpha value is -3.30. The van der Waals surface area contributed by atoms with Crippen molar-refractivity contribution in [3.63, 3.8) is 0 Å². The maximum absolute atomic E-state index is 12.9. The highest BCUT2D eigenvalue weighted by molar-refractivity contribution is 8.01. The minimum Gasteiger partial charge on any atom is -0.477 e. The first kappa shape index (κ1) is 23.4. The third-order valence-electron chi connectivity index (χ3n) is 5.46. The highest BCUT2D eigenvalue weighted by atomic mass is 35.5. The van der Waals surface area contributed by atoms with Crippen molar-refractivity contribution in [1.29, 1.82) is 0 Å². The molecule has 1 saturated heterocycles. The lowest BCUT2D eigenvalue weighted by atomic mass is 10.0. The molecule has 2 aromatic heterocycles. The predicted molar refractivity (Wildman–Crippen MR) is 125 cm³/mol. The number of nitrogens with zero attached hydrogens (tertiary/aromatic N) is 6. The van der Waals surface area contributed by atoms with Gasteiger partial charge in [0.25, 0.3) is 5.91 Å². The Bertz CT molecular complexity index is 1460. The molecule has 1 aromatic carbocycles. The maximum Gasteiger partial charge on any atom is 0.420 e. The second-order valence-electron chi connectivity index (χ2n) is 7.65. The van der Waals surface area contributed by atoms with Gasteiger partial charge in [0, 0.05) is 29.6 Å². The van der Waals surface area contributed by atoms with Crippen molar-refractivity contribution in [3.05, 3.63) is 45.0 Å². The number of aromatic nitrogens is 5. The number of hydrogen-bond acceptors (Lipinski definition) is 10. The molecule has 182 valence electrons. The van der Waals surface area contributed by atoms with Crippen molar-refractivity contribution in [2.45, 2.75) is 23.1 Å². The first-order valence-electron chi connectivity index (χ1n) is 10.1. The number of aliphatic carboxylic acids is 1. The van der Waals surface area contributed by atoms with Gasteiger partial charge in [-0.15, -0.1) is 16.9 Å². The van der Waals surface area contributed by atoms with Crippen LogP contribution in [0.2, 0.25) is 5.02 Å². The molecule has 2 atom stereocenters. The highest BCUT2D eigenvalue weighted by Gasteiger charge is 2.54. The van der Waals surface area contributed by atoms with E-state index in [2.05, 4.69) is 20.8 Å². The van der Waals surface area contributed by atoms with Crippen LogP contribution in [-0.4, -0.2) is 75.5 Å². The van der Waals surface area contributed by atoms with Gasteiger partial charge in [0.05, 0.1) is 5.52 Å². The summed E-state index contributed by atoms with van der Waals surface area (Å²) in [5.41, 5.74) is 1.09. The zero-order chi connectivity index (χ0) is 24.9. The molecule has 3 aromatic rings. The number of hydrogen-bond donors (Lipinski definition) is 2. The normalized spacial score (nSPS) is 19.6. The summed E-state index contributed by atoms with van der Waals surface area (Å²) >= 11 is 8.52. The predicted octanol–water partition coefficient (Wildman–Crippen LogP) is 0.302. The van der Waals surface area contributed by atoms with E-state index >= 15 is 0 Å². The molecule has 16 heteroatoms. The molecule has 0 radical (unpaired) electrons. The van der Waals surface area contributed by atoms with Gasteiger partial charge in [-0.3, -0.25) is 19.1 Å². The van der Waals surface area contributed by atoms with Crippen LogP contribution < -0.4 is 11.1 Å². The van der Waals surface area contributed by atoms with Gasteiger partial charge >= 0.3 is 11.7 Å². The van der Waals surface area contributed by atoms with Crippen LogP contribution in [0, 0.1) is 0 Å². The summed E-state index contributed by atoms with van der Waals surface area (Å²) < 4.78 is 7.72. The summed E-state index contributed by atoms with van der Waals surface area (Å²) in [6.45, 7) is -0.371. The van der Waals surface area contributed by atoms with Gasteiger partial charge in [-0.05, 0) is 28.1 Å². The summed E-state index contributed by atoms with van der Waals surface area (Å²) in [4.78, 5) is 50.9. The lowest BCUT2D eigenvalue weighted by Crippen LogP contribution is -2.70. The number of carboxylic acids is 1. The number of aryl methyl sites for hydroxylation is 1. The second-order valence-corrected chi connectivity index (χ2v) is 10.1. The number of carbonyl (C=O) groups is 3. The van der Waals surface area contributed by atoms with Gasteiger partial charge in [0.2, 0.25) is 11.1 Å². The van der Waals surface area contributed by atoms with Crippen LogP contribution in [0.1, 0.15) is 0 Å². The van der Waals surface area contributed by atoms with Crippen LogP contribution in [0.25, 0.3) is 11.1 Å². The van der Waals surface area contributed by atoms with Crippen LogP contribution in [0.5, 0.6) is 0 Å². The van der Waals surface area contributed by atoms with E-state index in [9.17, 15) is 24.3 Å². The summed E-state index contributed by atoms with van der Waals surface area (Å²) in [7, 11) is 1.67. The van der Waals surface area contributed by atoms with Crippen LogP contribution in [0.15, 0.2) is 43.8 Å². The molecule has 0 bridgehead atoms. The number of tetrazole rings is 1. The third-order valence-corrected chi connectivity index (χ3v) is 8.13. The Morgan fingerprint density at radius 2 is 2.17 bits per heavy atom. The third kappa shape index (κ3) is 4.19. The average molecular weight is 538 g/mol. The summed E-state index contributed by atoms with van der Waals surface area (Å²) in [6, 6.07) is 3.68. The number of oxazole rings is 1. The van der Waals surface area contributed by atoms with Gasteiger partial charge in [0.1, 0.15) is 23.7 Å². The number of benzene rings is 1. The van der Waals surface area contributed by atoms with E-state index in [1.807, 2.05) is 0 Å². The molecule has 0 aliphatic carbocycles. The number of amides is 2. The van der Waals surface area contributed by atoms with Gasteiger partial charge in [-0.2, -0.15) is 0 Å². The smallest absolute Gasteiger partial charge is 0.420 e. The number of nitrogens with one attached hydrogen (secondary N) is 1. The zero-order valence-electron chi connectivity index (χ0n) is 17.9. The molecule has 1 fully saturated rings. The molecule has 2 N–H and O–H groups in total. The molecule has 35 heavy (non-hydrogen) atoms. The van der Waals surface area contributed by atoms with Crippen molar-refractivity contribution < 1.29 is 23.9 Å². The summed E-state index contributed by atoms with van der Waals surface area (Å²) in [5, 5.41) is 23.9. The van der Waals surface area contributed by atoms with Crippen molar-refractivity contribution in [2.24, 2.45) is 7.05 Å². The summed E-state index contributed by atoms with van der Waals surface area (Å²) in [5.74, 6) is -2.44. The van der Waals surface area contributed by atoms with Crippen molar-refractivity contribution in [3.8, 4) is 0 Å². The second kappa shape index (κ2) is 9.05. The Balaban J connectivity index is 1.29.